The van der Waals surface area contributed by atoms with E-state index in [1.807, 2.05) is 13.8 Å². The molecule has 0 fully saturated rings. The van der Waals surface area contributed by atoms with Gasteiger partial charge in [-0.3, -0.25) is 0 Å². The summed E-state index contributed by atoms with van der Waals surface area (Å²) in [4.78, 5) is 22.0. The molecule has 0 amide bonds. The lowest BCUT2D eigenvalue weighted by molar-refractivity contribution is -0.140. The third-order valence-corrected chi connectivity index (χ3v) is 3.29. The molecule has 0 radical (unpaired) electrons. The van der Waals surface area contributed by atoms with Gasteiger partial charge < -0.3 is 14.3 Å². The van der Waals surface area contributed by atoms with Gasteiger partial charge in [-0.1, -0.05) is 18.6 Å². The van der Waals surface area contributed by atoms with Crippen molar-refractivity contribution in [3.05, 3.63) is 23.0 Å². The predicted octanol–water partition coefficient (Wildman–Crippen LogP) is 2.78. The second-order valence-corrected chi connectivity index (χ2v) is 5.03. The molecule has 1 aliphatic rings. The normalized spacial score (nSPS) is 21.4. The molecule has 4 nitrogen and oxygen atoms in total. The van der Waals surface area contributed by atoms with Crippen molar-refractivity contribution in [1.82, 2.24) is 0 Å². The third-order valence-electron chi connectivity index (χ3n) is 3.29. The van der Waals surface area contributed by atoms with Crippen LogP contribution in [0.2, 0.25) is 0 Å². The lowest BCUT2D eigenvalue weighted by Crippen LogP contribution is -2.13. The van der Waals surface area contributed by atoms with Gasteiger partial charge in [-0.05, 0) is 26.7 Å². The van der Waals surface area contributed by atoms with Crippen molar-refractivity contribution in [2.24, 2.45) is 5.92 Å². The second kappa shape index (κ2) is 7.12. The average Bonchev–Trinajstić information content (AvgIpc) is 2.64. The Labute approximate surface area is 114 Å². The van der Waals surface area contributed by atoms with Crippen LogP contribution in [0.3, 0.4) is 0 Å². The quantitative estimate of drug-likeness (QED) is 0.404. The fourth-order valence-corrected chi connectivity index (χ4v) is 2.07. The zero-order valence-corrected chi connectivity index (χ0v) is 12.1. The molecule has 1 aliphatic heterocycles. The molecule has 0 aromatic heterocycles. The largest absolute Gasteiger partial charge is 0.497 e. The topological polar surface area (TPSA) is 52.6 Å². The van der Waals surface area contributed by atoms with Crippen molar-refractivity contribution in [2.75, 3.05) is 7.11 Å². The fourth-order valence-electron chi connectivity index (χ4n) is 2.07. The number of rotatable bonds is 7. The molecular formula is C15H22O4. The number of carbonyl (C=O) groups excluding carboxylic acids is 2. The highest BCUT2D eigenvalue weighted by Crippen LogP contribution is 2.27. The van der Waals surface area contributed by atoms with Crippen molar-refractivity contribution in [3.8, 4) is 0 Å². The molecule has 0 saturated carbocycles. The summed E-state index contributed by atoms with van der Waals surface area (Å²) in [6, 6.07) is 0. The van der Waals surface area contributed by atoms with E-state index in [1.165, 1.54) is 0 Å². The van der Waals surface area contributed by atoms with Crippen LogP contribution >= 0.6 is 0 Å². The standard InChI is InChI=1S/C15H22O4/c1-10(6-5-7-11(2)9-16)8-13-14(18-4)12(3)15(17)19-13/h6,9,11,13H,5,7-8H2,1-4H3/b10-6+/t11-,13+/m0/s1. The second-order valence-electron chi connectivity index (χ2n) is 5.03. The highest BCUT2D eigenvalue weighted by atomic mass is 16.6. The molecule has 0 aromatic rings. The smallest absolute Gasteiger partial charge is 0.338 e. The zero-order chi connectivity index (χ0) is 14.4. The summed E-state index contributed by atoms with van der Waals surface area (Å²) in [5.41, 5.74) is 1.69. The molecular weight excluding hydrogens is 244 g/mol. The van der Waals surface area contributed by atoms with E-state index in [-0.39, 0.29) is 18.0 Å². The van der Waals surface area contributed by atoms with Gasteiger partial charge in [-0.25, -0.2) is 4.79 Å². The van der Waals surface area contributed by atoms with Crippen molar-refractivity contribution >= 4 is 12.3 Å². The number of esters is 1. The number of hydrogen-bond donors (Lipinski definition) is 0. The first-order valence-electron chi connectivity index (χ1n) is 6.56. The molecule has 0 spiro atoms. The average molecular weight is 266 g/mol. The number of allylic oxidation sites excluding steroid dienone is 1. The van der Waals surface area contributed by atoms with E-state index in [0.29, 0.717) is 17.8 Å². The maximum atomic E-state index is 11.5. The van der Waals surface area contributed by atoms with Crippen molar-refractivity contribution in [1.29, 1.82) is 0 Å². The van der Waals surface area contributed by atoms with Crippen LogP contribution in [0.1, 0.15) is 40.0 Å². The Balaban J connectivity index is 2.53. The van der Waals surface area contributed by atoms with Crippen LogP contribution in [-0.4, -0.2) is 25.5 Å². The van der Waals surface area contributed by atoms with Gasteiger partial charge in [0.25, 0.3) is 0 Å². The Bertz CT molecular complexity index is 406. The number of ether oxygens (including phenoxy) is 2. The summed E-state index contributed by atoms with van der Waals surface area (Å²) in [6.45, 7) is 5.62. The monoisotopic (exact) mass is 266 g/mol. The van der Waals surface area contributed by atoms with Crippen LogP contribution in [0.5, 0.6) is 0 Å². The highest BCUT2D eigenvalue weighted by molar-refractivity contribution is 5.91. The molecule has 0 aromatic carbocycles. The zero-order valence-electron chi connectivity index (χ0n) is 12.1. The van der Waals surface area contributed by atoms with Gasteiger partial charge in [-0.15, -0.1) is 0 Å². The van der Waals surface area contributed by atoms with E-state index < -0.39 is 0 Å². The van der Waals surface area contributed by atoms with Crippen LogP contribution in [0.15, 0.2) is 23.0 Å². The molecule has 0 bridgehead atoms. The van der Waals surface area contributed by atoms with E-state index in [1.54, 1.807) is 14.0 Å². The summed E-state index contributed by atoms with van der Waals surface area (Å²) < 4.78 is 10.5. The van der Waals surface area contributed by atoms with E-state index in [2.05, 4.69) is 6.08 Å². The Hall–Kier alpha value is -1.58. The van der Waals surface area contributed by atoms with Crippen LogP contribution in [0, 0.1) is 5.92 Å². The van der Waals surface area contributed by atoms with Crippen molar-refractivity contribution in [3.63, 3.8) is 0 Å². The molecule has 0 aliphatic carbocycles. The number of carbonyl (C=O) groups is 2. The molecule has 19 heavy (non-hydrogen) atoms. The molecule has 0 saturated heterocycles. The van der Waals surface area contributed by atoms with Gasteiger partial charge in [0.05, 0.1) is 12.7 Å². The summed E-state index contributed by atoms with van der Waals surface area (Å²) in [6.07, 6.45) is 5.10. The van der Waals surface area contributed by atoms with E-state index in [0.717, 1.165) is 24.7 Å². The van der Waals surface area contributed by atoms with Gasteiger partial charge in [0.1, 0.15) is 12.0 Å². The molecule has 106 valence electrons. The Morgan fingerprint density at radius 3 is 2.79 bits per heavy atom. The van der Waals surface area contributed by atoms with Gasteiger partial charge in [0.2, 0.25) is 0 Å². The first-order valence-corrected chi connectivity index (χ1v) is 6.56. The third kappa shape index (κ3) is 4.23. The number of cyclic esters (lactones) is 1. The van der Waals surface area contributed by atoms with Crippen LogP contribution in [0.4, 0.5) is 0 Å². The predicted molar refractivity (Wildman–Crippen MR) is 72.4 cm³/mol. The molecule has 0 N–H and O–H groups in total. The molecule has 0 unspecified atom stereocenters. The molecule has 1 heterocycles. The fraction of sp³-hybridized carbons (Fsp3) is 0.600. The minimum atomic E-state index is -0.308. The Kier molecular flexibility index (Phi) is 5.80. The van der Waals surface area contributed by atoms with Gasteiger partial charge in [-0.2, -0.15) is 0 Å². The lowest BCUT2D eigenvalue weighted by atomic mass is 10.0. The van der Waals surface area contributed by atoms with Crippen molar-refractivity contribution in [2.45, 2.75) is 46.1 Å². The van der Waals surface area contributed by atoms with Gasteiger partial charge >= 0.3 is 5.97 Å². The molecule has 1 rings (SSSR count). The summed E-state index contributed by atoms with van der Waals surface area (Å²) in [5, 5.41) is 0. The summed E-state index contributed by atoms with van der Waals surface area (Å²) >= 11 is 0. The van der Waals surface area contributed by atoms with E-state index >= 15 is 0 Å². The SMILES string of the molecule is COC1=C(C)C(=O)O[C@@H]1C/C(C)=C/CC[C@H](C)C=O. The number of aldehydes is 1. The molecule has 2 atom stereocenters. The van der Waals surface area contributed by atoms with E-state index in [4.69, 9.17) is 9.47 Å². The highest BCUT2D eigenvalue weighted by Gasteiger charge is 2.32. The van der Waals surface area contributed by atoms with Gasteiger partial charge in [0.15, 0.2) is 6.10 Å². The molecule has 4 heteroatoms. The van der Waals surface area contributed by atoms with E-state index in [9.17, 15) is 9.59 Å². The minimum Gasteiger partial charge on any atom is -0.497 e. The van der Waals surface area contributed by atoms with Crippen LogP contribution in [0.25, 0.3) is 0 Å². The van der Waals surface area contributed by atoms with Crippen LogP contribution < -0.4 is 0 Å². The number of hydrogen-bond acceptors (Lipinski definition) is 4. The summed E-state index contributed by atoms with van der Waals surface area (Å²) in [5.74, 6) is 0.410. The maximum Gasteiger partial charge on any atom is 0.338 e. The Morgan fingerprint density at radius 2 is 2.21 bits per heavy atom. The first-order chi connectivity index (χ1) is 8.99. The van der Waals surface area contributed by atoms with Crippen molar-refractivity contribution < 1.29 is 19.1 Å². The Morgan fingerprint density at radius 1 is 1.53 bits per heavy atom. The lowest BCUT2D eigenvalue weighted by Gasteiger charge is -2.13. The van der Waals surface area contributed by atoms with Crippen LogP contribution in [-0.2, 0) is 19.1 Å². The summed E-state index contributed by atoms with van der Waals surface area (Å²) in [7, 11) is 1.55. The maximum absolute atomic E-state index is 11.5. The minimum absolute atomic E-state index is 0.0880. The first kappa shape index (κ1) is 15.5. The number of methoxy groups -OCH3 is 1. The van der Waals surface area contributed by atoms with Gasteiger partial charge in [0, 0.05) is 12.3 Å².